The van der Waals surface area contributed by atoms with Crippen LogP contribution in [0.5, 0.6) is 0 Å². The molecule has 2 aliphatic heterocycles. The molecule has 22 heavy (non-hydrogen) atoms. The minimum Gasteiger partial charge on any atom is -0.375 e. The number of imide groups is 1. The van der Waals surface area contributed by atoms with Crippen molar-refractivity contribution >= 4 is 17.5 Å². The van der Waals surface area contributed by atoms with Gasteiger partial charge in [0.05, 0.1) is 24.5 Å². The highest BCUT2D eigenvalue weighted by Crippen LogP contribution is 2.23. The molecular formula is C17H19NO4. The molecule has 1 saturated heterocycles. The quantitative estimate of drug-likeness (QED) is 0.756. The molecule has 2 heterocycles. The topological polar surface area (TPSA) is 55.8 Å². The standard InChI is InChI=1S/C17H19NO4/c1-2-14(15-9-10-21-15)22-11-12-3-5-13(6-4-12)18-16(19)7-8-17(18)20/h3-8,14-15H,2,9-11H2,1H3. The number of hydrogen-bond acceptors (Lipinski definition) is 4. The molecule has 1 aromatic rings. The molecule has 1 aromatic carbocycles. The Labute approximate surface area is 129 Å². The minimum atomic E-state index is -0.304. The molecule has 2 amide bonds. The van der Waals surface area contributed by atoms with E-state index in [4.69, 9.17) is 9.47 Å². The molecule has 116 valence electrons. The Hall–Kier alpha value is -1.98. The first-order valence-electron chi connectivity index (χ1n) is 7.57. The maximum atomic E-state index is 11.6. The summed E-state index contributed by atoms with van der Waals surface area (Å²) in [5, 5.41) is 0. The normalized spacial score (nSPS) is 22.0. The van der Waals surface area contributed by atoms with Crippen molar-refractivity contribution < 1.29 is 19.1 Å². The zero-order chi connectivity index (χ0) is 15.5. The Bertz CT molecular complexity index is 571. The molecule has 0 spiro atoms. The number of amides is 2. The van der Waals surface area contributed by atoms with Crippen LogP contribution in [0.15, 0.2) is 36.4 Å². The first-order valence-corrected chi connectivity index (χ1v) is 7.57. The maximum Gasteiger partial charge on any atom is 0.258 e. The van der Waals surface area contributed by atoms with E-state index in [1.54, 1.807) is 12.1 Å². The fourth-order valence-electron chi connectivity index (χ4n) is 2.63. The van der Waals surface area contributed by atoms with Gasteiger partial charge in [-0.15, -0.1) is 0 Å². The van der Waals surface area contributed by atoms with E-state index in [1.165, 1.54) is 12.2 Å². The Morgan fingerprint density at radius 2 is 1.86 bits per heavy atom. The Balaban J connectivity index is 1.59. The van der Waals surface area contributed by atoms with Crippen LogP contribution in [-0.2, 0) is 25.7 Å². The van der Waals surface area contributed by atoms with E-state index in [0.717, 1.165) is 29.9 Å². The molecule has 0 aliphatic carbocycles. The van der Waals surface area contributed by atoms with Crippen LogP contribution < -0.4 is 4.90 Å². The smallest absolute Gasteiger partial charge is 0.258 e. The Kier molecular flexibility index (Phi) is 4.36. The number of nitrogens with zero attached hydrogens (tertiary/aromatic N) is 1. The second-order valence-corrected chi connectivity index (χ2v) is 5.47. The lowest BCUT2D eigenvalue weighted by molar-refractivity contribution is -0.142. The van der Waals surface area contributed by atoms with E-state index in [0.29, 0.717) is 12.3 Å². The molecule has 5 heteroatoms. The van der Waals surface area contributed by atoms with Crippen LogP contribution >= 0.6 is 0 Å². The molecule has 2 aliphatic rings. The molecule has 0 aromatic heterocycles. The van der Waals surface area contributed by atoms with Gasteiger partial charge in [-0.3, -0.25) is 9.59 Å². The van der Waals surface area contributed by atoms with Crippen LogP contribution in [0.3, 0.4) is 0 Å². The van der Waals surface area contributed by atoms with Crippen molar-refractivity contribution in [2.45, 2.75) is 38.6 Å². The second-order valence-electron chi connectivity index (χ2n) is 5.47. The van der Waals surface area contributed by atoms with Gasteiger partial charge in [-0.1, -0.05) is 19.1 Å². The maximum absolute atomic E-state index is 11.6. The molecule has 0 N–H and O–H groups in total. The monoisotopic (exact) mass is 301 g/mol. The van der Waals surface area contributed by atoms with Crippen LogP contribution in [0.4, 0.5) is 5.69 Å². The molecule has 3 rings (SSSR count). The summed E-state index contributed by atoms with van der Waals surface area (Å²) in [7, 11) is 0. The highest BCUT2D eigenvalue weighted by Gasteiger charge is 2.28. The lowest BCUT2D eigenvalue weighted by Crippen LogP contribution is -2.39. The van der Waals surface area contributed by atoms with Gasteiger partial charge in [0.15, 0.2) is 0 Å². The summed E-state index contributed by atoms with van der Waals surface area (Å²) >= 11 is 0. The highest BCUT2D eigenvalue weighted by atomic mass is 16.6. The zero-order valence-corrected chi connectivity index (χ0v) is 12.5. The zero-order valence-electron chi connectivity index (χ0n) is 12.5. The number of ether oxygens (including phenoxy) is 2. The third kappa shape index (κ3) is 2.96. The van der Waals surface area contributed by atoms with Crippen molar-refractivity contribution in [3.05, 3.63) is 42.0 Å². The Morgan fingerprint density at radius 1 is 1.23 bits per heavy atom. The third-order valence-electron chi connectivity index (χ3n) is 4.02. The van der Waals surface area contributed by atoms with E-state index in [-0.39, 0.29) is 24.0 Å². The van der Waals surface area contributed by atoms with Crippen molar-refractivity contribution in [2.75, 3.05) is 11.5 Å². The number of carbonyl (C=O) groups excluding carboxylic acids is 2. The predicted octanol–water partition coefficient (Wildman–Crippen LogP) is 2.20. The van der Waals surface area contributed by atoms with E-state index >= 15 is 0 Å². The van der Waals surface area contributed by atoms with Crippen molar-refractivity contribution in [2.24, 2.45) is 0 Å². The average molecular weight is 301 g/mol. The summed E-state index contributed by atoms with van der Waals surface area (Å²) in [5.74, 6) is -0.607. The summed E-state index contributed by atoms with van der Waals surface area (Å²) < 4.78 is 11.4. The molecule has 0 saturated carbocycles. The van der Waals surface area contributed by atoms with E-state index in [2.05, 4.69) is 6.92 Å². The third-order valence-corrected chi connectivity index (χ3v) is 4.02. The van der Waals surface area contributed by atoms with Crippen LogP contribution in [0.25, 0.3) is 0 Å². The minimum absolute atomic E-state index is 0.124. The van der Waals surface area contributed by atoms with E-state index in [1.807, 2.05) is 12.1 Å². The molecule has 2 unspecified atom stereocenters. The summed E-state index contributed by atoms with van der Waals surface area (Å²) in [4.78, 5) is 24.4. The largest absolute Gasteiger partial charge is 0.375 e. The summed E-state index contributed by atoms with van der Waals surface area (Å²) in [6.07, 6.45) is 4.89. The lowest BCUT2D eigenvalue weighted by atomic mass is 10.0. The number of rotatable bonds is 6. The molecule has 0 bridgehead atoms. The van der Waals surface area contributed by atoms with Crippen molar-refractivity contribution in [1.82, 2.24) is 0 Å². The van der Waals surface area contributed by atoms with Crippen molar-refractivity contribution in [1.29, 1.82) is 0 Å². The van der Waals surface area contributed by atoms with Crippen LogP contribution in [0.2, 0.25) is 0 Å². The van der Waals surface area contributed by atoms with Crippen molar-refractivity contribution in [3.8, 4) is 0 Å². The molecule has 2 atom stereocenters. The van der Waals surface area contributed by atoms with Gasteiger partial charge in [0.1, 0.15) is 0 Å². The molecule has 0 radical (unpaired) electrons. The SMILES string of the molecule is CCC(OCc1ccc(N2C(=O)C=CC2=O)cc1)C1CCO1. The number of benzene rings is 1. The van der Waals surface area contributed by atoms with E-state index < -0.39 is 0 Å². The second kappa shape index (κ2) is 6.42. The molecule has 5 nitrogen and oxygen atoms in total. The van der Waals surface area contributed by atoms with Gasteiger partial charge >= 0.3 is 0 Å². The van der Waals surface area contributed by atoms with Gasteiger partial charge in [0.2, 0.25) is 0 Å². The fraction of sp³-hybridized carbons (Fsp3) is 0.412. The van der Waals surface area contributed by atoms with Gasteiger partial charge in [0, 0.05) is 18.8 Å². The van der Waals surface area contributed by atoms with Gasteiger partial charge < -0.3 is 9.47 Å². The average Bonchev–Trinajstić information content (AvgIpc) is 2.81. The molecule has 1 fully saturated rings. The lowest BCUT2D eigenvalue weighted by Gasteiger charge is -2.33. The number of anilines is 1. The number of carbonyl (C=O) groups is 2. The van der Waals surface area contributed by atoms with Crippen LogP contribution in [0, 0.1) is 0 Å². The first kappa shape index (κ1) is 14.9. The van der Waals surface area contributed by atoms with Crippen LogP contribution in [0.1, 0.15) is 25.3 Å². The summed E-state index contributed by atoms with van der Waals surface area (Å²) in [6.45, 7) is 3.41. The van der Waals surface area contributed by atoms with Crippen LogP contribution in [-0.4, -0.2) is 30.6 Å². The summed E-state index contributed by atoms with van der Waals surface area (Å²) in [6, 6.07) is 7.29. The fourth-order valence-corrected chi connectivity index (χ4v) is 2.63. The van der Waals surface area contributed by atoms with Gasteiger partial charge in [-0.05, 0) is 30.5 Å². The number of hydrogen-bond donors (Lipinski definition) is 0. The first-order chi connectivity index (χ1) is 10.7. The Morgan fingerprint density at radius 3 is 2.36 bits per heavy atom. The van der Waals surface area contributed by atoms with Gasteiger partial charge in [-0.25, -0.2) is 4.90 Å². The molecular weight excluding hydrogens is 282 g/mol. The van der Waals surface area contributed by atoms with E-state index in [9.17, 15) is 9.59 Å². The van der Waals surface area contributed by atoms with Gasteiger partial charge in [-0.2, -0.15) is 0 Å². The van der Waals surface area contributed by atoms with Crippen molar-refractivity contribution in [3.63, 3.8) is 0 Å². The predicted molar refractivity (Wildman–Crippen MR) is 81.3 cm³/mol. The summed E-state index contributed by atoms with van der Waals surface area (Å²) in [5.41, 5.74) is 1.59. The van der Waals surface area contributed by atoms with Gasteiger partial charge in [0.25, 0.3) is 11.8 Å². The highest BCUT2D eigenvalue weighted by molar-refractivity contribution is 6.28.